The molecule has 4 heteroatoms. The maximum atomic E-state index is 4.84. The lowest BCUT2D eigenvalue weighted by molar-refractivity contribution is 0.919. The minimum absolute atomic E-state index is 0.741. The van der Waals surface area contributed by atoms with Crippen LogP contribution in [0.3, 0.4) is 0 Å². The Morgan fingerprint density at radius 2 is 1.79 bits per heavy atom. The number of fused-ring (bicyclic) bond motifs is 1. The van der Waals surface area contributed by atoms with Gasteiger partial charge in [0, 0.05) is 30.7 Å². The summed E-state index contributed by atoms with van der Waals surface area (Å²) in [5.41, 5.74) is 3.75. The van der Waals surface area contributed by atoms with Crippen molar-refractivity contribution >= 4 is 23.1 Å². The minimum atomic E-state index is 0.741. The van der Waals surface area contributed by atoms with Crippen LogP contribution in [0.4, 0.5) is 23.1 Å². The first-order valence-corrected chi connectivity index (χ1v) is 8.38. The van der Waals surface area contributed by atoms with E-state index in [0.29, 0.717) is 0 Å². The number of hydrogen-bond acceptors (Lipinski definition) is 4. The Hall–Kier alpha value is -2.88. The summed E-state index contributed by atoms with van der Waals surface area (Å²) in [6.45, 7) is 3.91. The average molecular weight is 316 g/mol. The van der Waals surface area contributed by atoms with Crippen LogP contribution in [0.5, 0.6) is 0 Å². The molecule has 0 aliphatic carbocycles. The van der Waals surface area contributed by atoms with E-state index in [1.165, 1.54) is 11.3 Å². The Labute approximate surface area is 142 Å². The molecular weight excluding hydrogens is 296 g/mol. The highest BCUT2D eigenvalue weighted by molar-refractivity contribution is 5.68. The largest absolute Gasteiger partial charge is 0.326 e. The monoisotopic (exact) mass is 316 g/mol. The van der Waals surface area contributed by atoms with Crippen molar-refractivity contribution in [3.8, 4) is 0 Å². The molecule has 120 valence electrons. The van der Waals surface area contributed by atoms with Crippen LogP contribution in [0.25, 0.3) is 0 Å². The maximum Gasteiger partial charge on any atom is 0.231 e. The lowest BCUT2D eigenvalue weighted by Crippen LogP contribution is -2.21. The van der Waals surface area contributed by atoms with Crippen LogP contribution in [-0.4, -0.2) is 23.1 Å². The Balaban J connectivity index is 1.70. The van der Waals surface area contributed by atoms with E-state index in [0.717, 1.165) is 37.0 Å². The SMILES string of the molecule is CCN(c1ccccc1)c1nccc(N2CCc3ccccc32)n1. The first-order valence-electron chi connectivity index (χ1n) is 8.38. The van der Waals surface area contributed by atoms with Crippen molar-refractivity contribution in [1.82, 2.24) is 9.97 Å². The Kier molecular flexibility index (Phi) is 3.87. The Morgan fingerprint density at radius 3 is 2.62 bits per heavy atom. The second-order valence-corrected chi connectivity index (χ2v) is 5.82. The molecule has 0 spiro atoms. The van der Waals surface area contributed by atoms with Crippen molar-refractivity contribution in [3.05, 3.63) is 72.4 Å². The van der Waals surface area contributed by atoms with Gasteiger partial charge in [-0.05, 0) is 43.2 Å². The minimum Gasteiger partial charge on any atom is -0.326 e. The molecule has 2 aromatic carbocycles. The van der Waals surface area contributed by atoms with Crippen LogP contribution in [0.1, 0.15) is 12.5 Å². The van der Waals surface area contributed by atoms with Gasteiger partial charge in [-0.2, -0.15) is 4.98 Å². The molecule has 1 aromatic heterocycles. The summed E-state index contributed by atoms with van der Waals surface area (Å²) >= 11 is 0. The van der Waals surface area contributed by atoms with Crippen molar-refractivity contribution < 1.29 is 0 Å². The normalized spacial score (nSPS) is 13.0. The summed E-state index contributed by atoms with van der Waals surface area (Å²) in [5.74, 6) is 1.70. The van der Waals surface area contributed by atoms with Crippen LogP contribution < -0.4 is 9.80 Å². The molecule has 4 rings (SSSR count). The van der Waals surface area contributed by atoms with Crippen molar-refractivity contribution in [2.45, 2.75) is 13.3 Å². The molecule has 0 unspecified atom stereocenters. The van der Waals surface area contributed by atoms with E-state index < -0.39 is 0 Å². The summed E-state index contributed by atoms with van der Waals surface area (Å²) in [4.78, 5) is 13.8. The zero-order chi connectivity index (χ0) is 16.4. The van der Waals surface area contributed by atoms with E-state index in [2.05, 4.69) is 58.1 Å². The fourth-order valence-electron chi connectivity index (χ4n) is 3.24. The number of hydrogen-bond donors (Lipinski definition) is 0. The zero-order valence-corrected chi connectivity index (χ0v) is 13.8. The quantitative estimate of drug-likeness (QED) is 0.717. The zero-order valence-electron chi connectivity index (χ0n) is 13.8. The summed E-state index contributed by atoms with van der Waals surface area (Å²) in [7, 11) is 0. The summed E-state index contributed by atoms with van der Waals surface area (Å²) < 4.78 is 0. The van der Waals surface area contributed by atoms with E-state index in [1.807, 2.05) is 30.5 Å². The fourth-order valence-corrected chi connectivity index (χ4v) is 3.24. The number of nitrogens with zero attached hydrogens (tertiary/aromatic N) is 4. The second-order valence-electron chi connectivity index (χ2n) is 5.82. The van der Waals surface area contributed by atoms with Gasteiger partial charge in [-0.25, -0.2) is 4.98 Å². The lowest BCUT2D eigenvalue weighted by atomic mass is 10.2. The number of para-hydroxylation sites is 2. The third kappa shape index (κ3) is 2.60. The van der Waals surface area contributed by atoms with Gasteiger partial charge in [0.2, 0.25) is 5.95 Å². The van der Waals surface area contributed by atoms with Crippen LogP contribution in [0, 0.1) is 0 Å². The molecule has 24 heavy (non-hydrogen) atoms. The predicted octanol–water partition coefficient (Wildman–Crippen LogP) is 4.33. The van der Waals surface area contributed by atoms with Gasteiger partial charge in [-0.15, -0.1) is 0 Å². The van der Waals surface area contributed by atoms with Crippen LogP contribution in [-0.2, 0) is 6.42 Å². The molecule has 3 aromatic rings. The number of benzene rings is 2. The standard InChI is InChI=1S/C20H20N4/c1-2-23(17-9-4-3-5-10-17)20-21-14-12-19(22-20)24-15-13-16-8-6-7-11-18(16)24/h3-12,14H,2,13,15H2,1H3. The molecule has 0 atom stereocenters. The molecule has 1 aliphatic rings. The van der Waals surface area contributed by atoms with Crippen molar-refractivity contribution in [2.75, 3.05) is 22.9 Å². The lowest BCUT2D eigenvalue weighted by Gasteiger charge is -2.23. The van der Waals surface area contributed by atoms with Crippen LogP contribution in [0.15, 0.2) is 66.9 Å². The van der Waals surface area contributed by atoms with E-state index in [-0.39, 0.29) is 0 Å². The smallest absolute Gasteiger partial charge is 0.231 e. The molecule has 2 heterocycles. The average Bonchev–Trinajstić information content (AvgIpc) is 3.08. The maximum absolute atomic E-state index is 4.84. The Bertz CT molecular complexity index is 815. The fraction of sp³-hybridized carbons (Fsp3) is 0.200. The second kappa shape index (κ2) is 6.32. The van der Waals surface area contributed by atoms with E-state index in [4.69, 9.17) is 4.98 Å². The van der Waals surface area contributed by atoms with E-state index >= 15 is 0 Å². The molecule has 0 radical (unpaired) electrons. The Morgan fingerprint density at radius 1 is 1.00 bits per heavy atom. The third-order valence-corrected chi connectivity index (χ3v) is 4.42. The van der Waals surface area contributed by atoms with Crippen molar-refractivity contribution in [2.24, 2.45) is 0 Å². The molecule has 4 nitrogen and oxygen atoms in total. The first-order chi connectivity index (χ1) is 11.9. The van der Waals surface area contributed by atoms with Gasteiger partial charge in [0.1, 0.15) is 5.82 Å². The van der Waals surface area contributed by atoms with Gasteiger partial charge < -0.3 is 9.80 Å². The predicted molar refractivity (Wildman–Crippen MR) is 98.3 cm³/mol. The van der Waals surface area contributed by atoms with Crippen molar-refractivity contribution in [3.63, 3.8) is 0 Å². The first kappa shape index (κ1) is 14.7. The molecule has 0 saturated carbocycles. The highest BCUT2D eigenvalue weighted by Gasteiger charge is 2.21. The van der Waals surface area contributed by atoms with Crippen LogP contribution >= 0.6 is 0 Å². The number of aromatic nitrogens is 2. The van der Waals surface area contributed by atoms with Crippen LogP contribution in [0.2, 0.25) is 0 Å². The molecule has 0 N–H and O–H groups in total. The van der Waals surface area contributed by atoms with Gasteiger partial charge in [-0.3, -0.25) is 0 Å². The van der Waals surface area contributed by atoms with Gasteiger partial charge in [0.05, 0.1) is 0 Å². The van der Waals surface area contributed by atoms with Gasteiger partial charge in [-0.1, -0.05) is 36.4 Å². The molecule has 1 aliphatic heterocycles. The van der Waals surface area contributed by atoms with E-state index in [9.17, 15) is 0 Å². The summed E-state index contributed by atoms with van der Waals surface area (Å²) in [6, 6.07) is 20.8. The number of rotatable bonds is 4. The van der Waals surface area contributed by atoms with E-state index in [1.54, 1.807) is 0 Å². The molecular formula is C20H20N4. The highest BCUT2D eigenvalue weighted by Crippen LogP contribution is 2.34. The summed E-state index contributed by atoms with van der Waals surface area (Å²) in [5, 5.41) is 0. The number of anilines is 4. The van der Waals surface area contributed by atoms with Gasteiger partial charge in [0.25, 0.3) is 0 Å². The molecule has 0 amide bonds. The molecule has 0 fully saturated rings. The van der Waals surface area contributed by atoms with Crippen molar-refractivity contribution in [1.29, 1.82) is 0 Å². The molecule has 0 saturated heterocycles. The van der Waals surface area contributed by atoms with Gasteiger partial charge in [0.15, 0.2) is 0 Å². The molecule has 0 bridgehead atoms. The summed E-state index contributed by atoms with van der Waals surface area (Å²) in [6.07, 6.45) is 2.91. The topological polar surface area (TPSA) is 32.3 Å². The van der Waals surface area contributed by atoms with Gasteiger partial charge >= 0.3 is 0 Å². The third-order valence-electron chi connectivity index (χ3n) is 4.42. The highest BCUT2D eigenvalue weighted by atomic mass is 15.3.